The molecule has 0 amide bonds. The van der Waals surface area contributed by atoms with E-state index in [2.05, 4.69) is 10.3 Å². The molecule has 3 aliphatic heterocycles. The molecule has 4 atom stereocenters. The molecule has 232 valence electrons. The highest BCUT2D eigenvalue weighted by molar-refractivity contribution is 7.11. The number of aliphatic carboxylic acids is 1. The first kappa shape index (κ1) is 31.1. The van der Waals surface area contributed by atoms with Crippen molar-refractivity contribution in [3.8, 4) is 0 Å². The topological polar surface area (TPSA) is 117 Å². The molecular formula is C29H34F3N5O5S. The Bertz CT molecular complexity index is 1420. The van der Waals surface area contributed by atoms with Crippen LogP contribution in [0.4, 0.5) is 13.2 Å². The number of aromatic nitrogens is 1. The van der Waals surface area contributed by atoms with E-state index in [1.165, 1.54) is 24.3 Å². The Kier molecular flexibility index (Phi) is 9.20. The zero-order valence-electron chi connectivity index (χ0n) is 24.1. The van der Waals surface area contributed by atoms with Crippen LogP contribution in [0.2, 0.25) is 0 Å². The van der Waals surface area contributed by atoms with Crippen LogP contribution in [-0.2, 0) is 19.1 Å². The number of nitrogens with zero attached hydrogens (tertiary/aromatic N) is 4. The van der Waals surface area contributed by atoms with Gasteiger partial charge in [0.15, 0.2) is 16.9 Å². The number of esters is 1. The summed E-state index contributed by atoms with van der Waals surface area (Å²) in [5.41, 5.74) is 1.26. The molecule has 0 spiro atoms. The first-order chi connectivity index (χ1) is 20.5. The van der Waals surface area contributed by atoms with Gasteiger partial charge in [0, 0.05) is 43.0 Å². The first-order valence-corrected chi connectivity index (χ1v) is 15.0. The Labute approximate surface area is 251 Å². The highest BCUT2D eigenvalue weighted by atomic mass is 32.1. The van der Waals surface area contributed by atoms with Crippen molar-refractivity contribution in [2.24, 2.45) is 4.99 Å². The van der Waals surface area contributed by atoms with Gasteiger partial charge < -0.3 is 19.9 Å². The minimum absolute atomic E-state index is 0.00872. The fourth-order valence-electron chi connectivity index (χ4n) is 6.06. The van der Waals surface area contributed by atoms with Gasteiger partial charge in [-0.1, -0.05) is 12.1 Å². The zero-order chi connectivity index (χ0) is 30.9. The number of halogens is 3. The number of hydrogen-bond acceptors (Lipinski definition) is 10. The number of carbonyl (C=O) groups excluding carboxylic acids is 1. The van der Waals surface area contributed by atoms with Crippen molar-refractivity contribution < 1.29 is 37.3 Å². The maximum atomic E-state index is 15.6. The molecule has 0 radical (unpaired) electrons. The third-order valence-corrected chi connectivity index (χ3v) is 8.88. The van der Waals surface area contributed by atoms with E-state index in [1.54, 1.807) is 47.4 Å². The van der Waals surface area contributed by atoms with Crippen molar-refractivity contribution in [3.63, 3.8) is 0 Å². The smallest absolute Gasteiger partial charge is 0.338 e. The van der Waals surface area contributed by atoms with Crippen molar-refractivity contribution in [1.82, 2.24) is 20.1 Å². The molecule has 0 aliphatic carbocycles. The van der Waals surface area contributed by atoms with Gasteiger partial charge in [0.25, 0.3) is 5.92 Å². The second-order valence-electron chi connectivity index (χ2n) is 10.8. The van der Waals surface area contributed by atoms with Crippen molar-refractivity contribution in [2.75, 3.05) is 39.4 Å². The Morgan fingerprint density at radius 1 is 1.30 bits per heavy atom. The molecule has 14 heteroatoms. The molecule has 5 rings (SSSR count). The van der Waals surface area contributed by atoms with Gasteiger partial charge in [-0.2, -0.15) is 0 Å². The molecule has 0 bridgehead atoms. The predicted molar refractivity (Wildman–Crippen MR) is 153 cm³/mol. The third-order valence-electron chi connectivity index (χ3n) is 8.10. The highest BCUT2D eigenvalue weighted by Crippen LogP contribution is 2.43. The van der Waals surface area contributed by atoms with E-state index in [0.29, 0.717) is 40.6 Å². The Morgan fingerprint density at radius 2 is 2.09 bits per heavy atom. The summed E-state index contributed by atoms with van der Waals surface area (Å²) >= 11 is 1.32. The molecule has 3 unspecified atom stereocenters. The molecule has 1 aromatic carbocycles. The number of thiazole rings is 1. The summed E-state index contributed by atoms with van der Waals surface area (Å²) in [6.07, 6.45) is 1.03. The fraction of sp³-hybridized carbons (Fsp3) is 0.517. The van der Waals surface area contributed by atoms with Crippen LogP contribution in [0.15, 0.2) is 46.0 Å². The van der Waals surface area contributed by atoms with Gasteiger partial charge in [-0.3, -0.25) is 14.8 Å². The molecule has 3 aliphatic rings. The summed E-state index contributed by atoms with van der Waals surface area (Å²) in [7, 11) is 0. The van der Waals surface area contributed by atoms with E-state index in [-0.39, 0.29) is 31.9 Å². The molecule has 2 fully saturated rings. The lowest BCUT2D eigenvalue weighted by Crippen LogP contribution is -2.46. The number of likely N-dealkylation sites (tertiary alicyclic amines) is 2. The summed E-state index contributed by atoms with van der Waals surface area (Å²) in [6, 6.07) is 1.99. The number of fused-ring (bicyclic) bond motifs is 1. The number of rotatable bonds is 11. The minimum Gasteiger partial charge on any atom is -0.479 e. The molecular weight excluding hydrogens is 587 g/mol. The summed E-state index contributed by atoms with van der Waals surface area (Å²) in [5.74, 6) is -4.95. The second-order valence-corrected chi connectivity index (χ2v) is 11.7. The third kappa shape index (κ3) is 6.33. The molecule has 2 aromatic rings. The molecule has 10 nitrogen and oxygen atoms in total. The summed E-state index contributed by atoms with van der Waals surface area (Å²) in [5, 5.41) is 14.5. The van der Waals surface area contributed by atoms with Crippen LogP contribution in [-0.4, -0.2) is 101 Å². The standard InChI is InChI=1S/C29H34F3N5O5S/c1-4-41-28(40)22-20(34-25(26-33-9-13-43-26)35-23(22)18-6-5-7-19(30)16(18)2)14-37-15-29(31,32)24-21(37)8-10-36(24)11-12-42-17(3)27(38)39/h5-7,9,13,17,21,23-24H,4,8,10-12,14-15H2,1-3H3,(H,34,35)(H,38,39)/t17?,21?,23-,24?/m0/s1. The van der Waals surface area contributed by atoms with Crippen LogP contribution >= 0.6 is 11.3 Å². The SMILES string of the molecule is CCOC(=O)C1=C(CN2CC(F)(F)C3C2CCN3CCOC(C)C(=O)O)NC(c2nccs2)=N[C@H]1c1cccc(F)c1C. The van der Waals surface area contributed by atoms with E-state index >= 15 is 8.78 Å². The van der Waals surface area contributed by atoms with Gasteiger partial charge >= 0.3 is 11.9 Å². The maximum absolute atomic E-state index is 15.6. The van der Waals surface area contributed by atoms with Gasteiger partial charge in [0.1, 0.15) is 11.9 Å². The molecule has 2 N–H and O–H groups in total. The molecule has 43 heavy (non-hydrogen) atoms. The van der Waals surface area contributed by atoms with Crippen LogP contribution in [0.1, 0.15) is 42.4 Å². The van der Waals surface area contributed by atoms with Crippen LogP contribution in [0.25, 0.3) is 0 Å². The van der Waals surface area contributed by atoms with E-state index < -0.39 is 54.5 Å². The molecule has 2 saturated heterocycles. The minimum atomic E-state index is -3.07. The van der Waals surface area contributed by atoms with E-state index in [9.17, 15) is 14.0 Å². The number of carboxylic acid groups (broad SMARTS) is 1. The number of hydrogen-bond donors (Lipinski definition) is 2. The van der Waals surface area contributed by atoms with Crippen molar-refractivity contribution in [2.45, 2.75) is 57.3 Å². The number of nitrogens with one attached hydrogen (secondary N) is 1. The largest absolute Gasteiger partial charge is 0.479 e. The zero-order valence-corrected chi connectivity index (χ0v) is 24.9. The van der Waals surface area contributed by atoms with Gasteiger partial charge in [-0.05, 0) is 44.4 Å². The fourth-order valence-corrected chi connectivity index (χ4v) is 6.65. The number of ether oxygens (including phenoxy) is 2. The van der Waals surface area contributed by atoms with E-state index in [1.807, 2.05) is 0 Å². The Balaban J connectivity index is 1.47. The quantitative estimate of drug-likeness (QED) is 0.365. The number of aliphatic imine (C=N–C) groups is 1. The summed E-state index contributed by atoms with van der Waals surface area (Å²) in [4.78, 5) is 36.9. The average Bonchev–Trinajstić information content (AvgIpc) is 3.69. The van der Waals surface area contributed by atoms with Gasteiger partial charge in [-0.15, -0.1) is 11.3 Å². The van der Waals surface area contributed by atoms with Crippen LogP contribution in [0.5, 0.6) is 0 Å². The number of benzene rings is 1. The molecule has 4 heterocycles. The lowest BCUT2D eigenvalue weighted by molar-refractivity contribution is -0.149. The first-order valence-electron chi connectivity index (χ1n) is 14.1. The maximum Gasteiger partial charge on any atom is 0.338 e. The monoisotopic (exact) mass is 621 g/mol. The van der Waals surface area contributed by atoms with Gasteiger partial charge in [0.2, 0.25) is 0 Å². The number of amidine groups is 1. The van der Waals surface area contributed by atoms with Crippen molar-refractivity contribution in [3.05, 3.63) is 63.0 Å². The van der Waals surface area contributed by atoms with Crippen LogP contribution < -0.4 is 5.32 Å². The lowest BCUT2D eigenvalue weighted by atomic mass is 9.92. The van der Waals surface area contributed by atoms with Crippen LogP contribution in [0, 0.1) is 12.7 Å². The Hall–Kier alpha value is -3.33. The highest BCUT2D eigenvalue weighted by Gasteiger charge is 2.59. The normalized spacial score (nSPS) is 24.4. The number of carbonyl (C=O) groups is 2. The molecule has 1 aromatic heterocycles. The number of alkyl halides is 2. The Morgan fingerprint density at radius 3 is 2.79 bits per heavy atom. The molecule has 0 saturated carbocycles. The number of carboxylic acids is 1. The summed E-state index contributed by atoms with van der Waals surface area (Å²) < 4.78 is 56.5. The van der Waals surface area contributed by atoms with Crippen molar-refractivity contribution in [1.29, 1.82) is 0 Å². The average molecular weight is 622 g/mol. The predicted octanol–water partition coefficient (Wildman–Crippen LogP) is 3.38. The van der Waals surface area contributed by atoms with Gasteiger partial charge in [0.05, 0.1) is 31.4 Å². The van der Waals surface area contributed by atoms with E-state index in [0.717, 1.165) is 0 Å². The second kappa shape index (κ2) is 12.7. The van der Waals surface area contributed by atoms with Crippen molar-refractivity contribution >= 4 is 29.1 Å². The van der Waals surface area contributed by atoms with Gasteiger partial charge in [-0.25, -0.2) is 27.7 Å². The van der Waals surface area contributed by atoms with E-state index in [4.69, 9.17) is 19.6 Å². The lowest BCUT2D eigenvalue weighted by Gasteiger charge is -2.31. The van der Waals surface area contributed by atoms with Crippen LogP contribution in [0.3, 0.4) is 0 Å². The summed E-state index contributed by atoms with van der Waals surface area (Å²) in [6.45, 7) is 4.75.